The maximum atomic E-state index is 12.8. The summed E-state index contributed by atoms with van der Waals surface area (Å²) in [6.45, 7) is 1.06. The van der Waals surface area contributed by atoms with Crippen LogP contribution in [0.5, 0.6) is 0 Å². The first-order valence-electron chi connectivity index (χ1n) is 6.60. The molecule has 98 valence electrons. The van der Waals surface area contributed by atoms with Gasteiger partial charge in [-0.05, 0) is 37.1 Å². The van der Waals surface area contributed by atoms with Gasteiger partial charge < -0.3 is 5.32 Å². The van der Waals surface area contributed by atoms with Gasteiger partial charge in [0.1, 0.15) is 5.82 Å². The van der Waals surface area contributed by atoms with Gasteiger partial charge in [0.15, 0.2) is 0 Å². The quantitative estimate of drug-likeness (QED) is 0.918. The number of hydrogen-bond donors (Lipinski definition) is 1. The van der Waals surface area contributed by atoms with Crippen LogP contribution in [0.2, 0.25) is 0 Å². The first-order chi connectivity index (χ1) is 9.31. The van der Waals surface area contributed by atoms with Crippen LogP contribution in [0.25, 0.3) is 0 Å². The van der Waals surface area contributed by atoms with Gasteiger partial charge in [0.05, 0.1) is 23.6 Å². The van der Waals surface area contributed by atoms with Crippen molar-refractivity contribution < 1.29 is 4.39 Å². The third-order valence-electron chi connectivity index (χ3n) is 3.44. The van der Waals surface area contributed by atoms with Crippen molar-refractivity contribution >= 4 is 0 Å². The van der Waals surface area contributed by atoms with Crippen molar-refractivity contribution in [1.82, 2.24) is 15.3 Å². The molecule has 2 heterocycles. The number of halogens is 1. The third kappa shape index (κ3) is 2.96. The van der Waals surface area contributed by atoms with E-state index < -0.39 is 0 Å². The maximum Gasteiger partial charge on any atom is 0.123 e. The van der Waals surface area contributed by atoms with Crippen molar-refractivity contribution in [2.45, 2.75) is 25.3 Å². The summed E-state index contributed by atoms with van der Waals surface area (Å²) in [7, 11) is 0. The highest BCUT2D eigenvalue weighted by Gasteiger charge is 2.17. The number of nitrogens with zero attached hydrogens (tertiary/aromatic N) is 2. The Morgan fingerprint density at radius 3 is 2.63 bits per heavy atom. The number of rotatable bonds is 3. The van der Waals surface area contributed by atoms with Crippen LogP contribution in [0.4, 0.5) is 4.39 Å². The zero-order valence-electron chi connectivity index (χ0n) is 10.6. The summed E-state index contributed by atoms with van der Waals surface area (Å²) >= 11 is 0. The van der Waals surface area contributed by atoms with Gasteiger partial charge in [-0.1, -0.05) is 12.1 Å². The van der Waals surface area contributed by atoms with Gasteiger partial charge >= 0.3 is 0 Å². The molecule has 1 fully saturated rings. The van der Waals surface area contributed by atoms with Crippen molar-refractivity contribution in [2.75, 3.05) is 6.54 Å². The number of hydrogen-bond acceptors (Lipinski definition) is 3. The van der Waals surface area contributed by atoms with Gasteiger partial charge in [-0.2, -0.15) is 0 Å². The lowest BCUT2D eigenvalue weighted by atomic mass is 10.1. The van der Waals surface area contributed by atoms with E-state index in [0.717, 1.165) is 29.9 Å². The summed E-state index contributed by atoms with van der Waals surface area (Å²) in [5, 5.41) is 3.40. The Kier molecular flexibility index (Phi) is 3.51. The first-order valence-corrected chi connectivity index (χ1v) is 6.60. The van der Waals surface area contributed by atoms with E-state index in [1.54, 1.807) is 12.1 Å². The zero-order valence-corrected chi connectivity index (χ0v) is 10.6. The molecule has 0 saturated carbocycles. The summed E-state index contributed by atoms with van der Waals surface area (Å²) in [5.41, 5.74) is 2.97. The zero-order chi connectivity index (χ0) is 13.1. The minimum Gasteiger partial charge on any atom is -0.309 e. The molecule has 0 radical (unpaired) electrons. The van der Waals surface area contributed by atoms with Crippen LogP contribution in [0.15, 0.2) is 36.7 Å². The molecular weight excluding hydrogens is 241 g/mol. The highest BCUT2D eigenvalue weighted by molar-refractivity contribution is 5.21. The molecule has 3 nitrogen and oxygen atoms in total. The largest absolute Gasteiger partial charge is 0.309 e. The third-order valence-corrected chi connectivity index (χ3v) is 3.44. The smallest absolute Gasteiger partial charge is 0.123 e. The van der Waals surface area contributed by atoms with E-state index in [4.69, 9.17) is 0 Å². The minimum absolute atomic E-state index is 0.211. The Balaban J connectivity index is 1.70. The Hall–Kier alpha value is -1.81. The lowest BCUT2D eigenvalue weighted by molar-refractivity contribution is 0.622. The Morgan fingerprint density at radius 2 is 2.00 bits per heavy atom. The number of benzene rings is 1. The van der Waals surface area contributed by atoms with Gasteiger partial charge in [0.2, 0.25) is 0 Å². The molecule has 0 bridgehead atoms. The van der Waals surface area contributed by atoms with Crippen LogP contribution in [0.3, 0.4) is 0 Å². The molecule has 1 saturated heterocycles. The minimum atomic E-state index is -0.211. The van der Waals surface area contributed by atoms with Gasteiger partial charge in [0, 0.05) is 12.6 Å². The summed E-state index contributed by atoms with van der Waals surface area (Å²) in [6.07, 6.45) is 6.68. The second kappa shape index (κ2) is 5.45. The molecule has 1 aliphatic rings. The molecule has 0 amide bonds. The maximum absolute atomic E-state index is 12.8. The van der Waals surface area contributed by atoms with E-state index in [1.807, 2.05) is 12.4 Å². The molecule has 1 aliphatic heterocycles. The van der Waals surface area contributed by atoms with Crippen molar-refractivity contribution in [3.05, 3.63) is 59.4 Å². The molecule has 2 aromatic rings. The van der Waals surface area contributed by atoms with Crippen molar-refractivity contribution in [3.63, 3.8) is 0 Å². The second-order valence-corrected chi connectivity index (χ2v) is 4.88. The van der Waals surface area contributed by atoms with Crippen LogP contribution in [-0.2, 0) is 6.42 Å². The van der Waals surface area contributed by atoms with Crippen molar-refractivity contribution in [3.8, 4) is 0 Å². The predicted molar refractivity (Wildman–Crippen MR) is 71.2 cm³/mol. The molecule has 3 rings (SSSR count). The van der Waals surface area contributed by atoms with E-state index in [2.05, 4.69) is 15.3 Å². The van der Waals surface area contributed by atoms with Gasteiger partial charge in [-0.15, -0.1) is 0 Å². The molecule has 1 aromatic heterocycles. The monoisotopic (exact) mass is 257 g/mol. The highest BCUT2D eigenvalue weighted by atomic mass is 19.1. The van der Waals surface area contributed by atoms with Crippen molar-refractivity contribution in [1.29, 1.82) is 0 Å². The second-order valence-electron chi connectivity index (χ2n) is 4.88. The lowest BCUT2D eigenvalue weighted by Crippen LogP contribution is -2.14. The van der Waals surface area contributed by atoms with Crippen LogP contribution < -0.4 is 5.32 Å². The summed E-state index contributed by atoms with van der Waals surface area (Å²) < 4.78 is 12.8. The molecule has 1 N–H and O–H groups in total. The Morgan fingerprint density at radius 1 is 1.16 bits per heavy atom. The normalized spacial score (nSPS) is 18.7. The van der Waals surface area contributed by atoms with Crippen LogP contribution in [0.1, 0.15) is 35.8 Å². The predicted octanol–water partition coefficient (Wildman–Crippen LogP) is 2.63. The summed E-state index contributed by atoms with van der Waals surface area (Å²) in [6, 6.07) is 6.86. The fourth-order valence-corrected chi connectivity index (χ4v) is 2.38. The van der Waals surface area contributed by atoms with E-state index in [1.165, 1.54) is 18.6 Å². The topological polar surface area (TPSA) is 37.8 Å². The van der Waals surface area contributed by atoms with E-state index in [9.17, 15) is 4.39 Å². The summed E-state index contributed by atoms with van der Waals surface area (Å²) in [4.78, 5) is 8.92. The van der Waals surface area contributed by atoms with Crippen LogP contribution >= 0.6 is 0 Å². The van der Waals surface area contributed by atoms with Crippen molar-refractivity contribution in [2.24, 2.45) is 0 Å². The Labute approximate surface area is 111 Å². The average molecular weight is 257 g/mol. The van der Waals surface area contributed by atoms with Crippen LogP contribution in [-0.4, -0.2) is 16.5 Å². The molecule has 1 aromatic carbocycles. The first kappa shape index (κ1) is 12.2. The Bertz CT molecular complexity index is 530. The highest BCUT2D eigenvalue weighted by Crippen LogP contribution is 2.20. The fourth-order valence-electron chi connectivity index (χ4n) is 2.38. The average Bonchev–Trinajstić information content (AvgIpc) is 2.96. The van der Waals surface area contributed by atoms with E-state index in [-0.39, 0.29) is 5.82 Å². The molecule has 4 heteroatoms. The van der Waals surface area contributed by atoms with Gasteiger partial charge in [0.25, 0.3) is 0 Å². The number of aromatic nitrogens is 2. The summed E-state index contributed by atoms with van der Waals surface area (Å²) in [5.74, 6) is -0.211. The van der Waals surface area contributed by atoms with Crippen LogP contribution in [0, 0.1) is 5.82 Å². The molecule has 1 atom stereocenters. The molecular formula is C15H16FN3. The number of nitrogens with one attached hydrogen (secondary N) is 1. The molecule has 0 unspecified atom stereocenters. The van der Waals surface area contributed by atoms with E-state index >= 15 is 0 Å². The SMILES string of the molecule is Fc1ccc(Cc2cnc([C@H]3CCCN3)cn2)cc1. The lowest BCUT2D eigenvalue weighted by Gasteiger charge is -2.09. The fraction of sp³-hybridized carbons (Fsp3) is 0.333. The standard InChI is InChI=1S/C15H16FN3/c16-12-5-3-11(4-6-12)8-13-9-19-15(10-18-13)14-2-1-7-17-14/h3-6,9-10,14,17H,1-2,7-8H2/t14-/m1/s1. The van der Waals surface area contributed by atoms with Gasteiger partial charge in [-0.3, -0.25) is 9.97 Å². The van der Waals surface area contributed by atoms with E-state index in [0.29, 0.717) is 12.5 Å². The molecule has 0 aliphatic carbocycles. The molecule has 19 heavy (non-hydrogen) atoms. The molecule has 0 spiro atoms. The van der Waals surface area contributed by atoms with Gasteiger partial charge in [-0.25, -0.2) is 4.39 Å².